The molecule has 0 unspecified atom stereocenters. The molecule has 10 nitrogen and oxygen atoms in total. The number of piperazine rings is 1. The zero-order chi connectivity index (χ0) is 23.8. The van der Waals surface area contributed by atoms with Crippen molar-refractivity contribution in [3.05, 3.63) is 48.5 Å². The lowest BCUT2D eigenvalue weighted by molar-refractivity contribution is 0.176. The largest absolute Gasteiger partial charge is 0.327 e. The molecule has 33 heavy (non-hydrogen) atoms. The van der Waals surface area contributed by atoms with E-state index in [2.05, 4.69) is 14.5 Å². The van der Waals surface area contributed by atoms with E-state index in [-0.39, 0.29) is 9.79 Å². The van der Waals surface area contributed by atoms with Crippen molar-refractivity contribution in [2.24, 2.45) is 0 Å². The van der Waals surface area contributed by atoms with Crippen molar-refractivity contribution in [1.29, 1.82) is 0 Å². The Morgan fingerprint density at radius 2 is 1.73 bits per heavy atom. The first-order chi connectivity index (χ1) is 15.6. The highest BCUT2D eigenvalue weighted by Gasteiger charge is 2.29. The molecule has 1 saturated heterocycles. The molecule has 3 heterocycles. The normalized spacial score (nSPS) is 16.6. The van der Waals surface area contributed by atoms with E-state index in [4.69, 9.17) is 4.98 Å². The smallest absolute Gasteiger partial charge is 0.244 e. The van der Waals surface area contributed by atoms with Gasteiger partial charge in [0.1, 0.15) is 10.7 Å². The quantitative estimate of drug-likeness (QED) is 0.488. The number of rotatable bonds is 7. The first-order valence-electron chi connectivity index (χ1n) is 10.7. The van der Waals surface area contributed by atoms with E-state index in [9.17, 15) is 16.8 Å². The Morgan fingerprint density at radius 3 is 2.33 bits per heavy atom. The van der Waals surface area contributed by atoms with Gasteiger partial charge in [-0.3, -0.25) is 9.88 Å². The Morgan fingerprint density at radius 1 is 1.00 bits per heavy atom. The zero-order valence-electron chi connectivity index (χ0n) is 18.9. The number of imidazole rings is 1. The number of hydrogen-bond acceptors (Lipinski definition) is 7. The number of aromatic nitrogens is 3. The van der Waals surface area contributed by atoms with E-state index >= 15 is 0 Å². The van der Waals surface area contributed by atoms with Crippen LogP contribution in [-0.4, -0.2) is 85.2 Å². The van der Waals surface area contributed by atoms with Gasteiger partial charge in [-0.2, -0.15) is 4.31 Å². The Kier molecular flexibility index (Phi) is 6.56. The molecule has 0 amide bonds. The molecular weight excluding hydrogens is 464 g/mol. The van der Waals surface area contributed by atoms with E-state index in [1.54, 1.807) is 36.5 Å². The van der Waals surface area contributed by atoms with Gasteiger partial charge in [0.2, 0.25) is 20.0 Å². The Balaban J connectivity index is 1.52. The van der Waals surface area contributed by atoms with Crippen LogP contribution in [0.15, 0.2) is 52.5 Å². The molecule has 0 bridgehead atoms. The van der Waals surface area contributed by atoms with Crippen LogP contribution < -0.4 is 0 Å². The predicted octanol–water partition coefficient (Wildman–Crippen LogP) is 1.21. The van der Waals surface area contributed by atoms with Crippen LogP contribution in [0.4, 0.5) is 0 Å². The predicted molar refractivity (Wildman–Crippen MR) is 125 cm³/mol. The van der Waals surface area contributed by atoms with E-state index in [0.717, 1.165) is 11.3 Å². The van der Waals surface area contributed by atoms with Gasteiger partial charge >= 0.3 is 0 Å². The van der Waals surface area contributed by atoms with Crippen molar-refractivity contribution in [2.45, 2.75) is 29.8 Å². The van der Waals surface area contributed by atoms with Crippen LogP contribution in [-0.2, 0) is 33.1 Å². The van der Waals surface area contributed by atoms with Crippen molar-refractivity contribution in [1.82, 2.24) is 28.0 Å². The lowest BCUT2D eigenvalue weighted by atomic mass is 10.3. The molecule has 0 atom stereocenters. The summed E-state index contributed by atoms with van der Waals surface area (Å²) in [6, 6.07) is 8.19. The van der Waals surface area contributed by atoms with Gasteiger partial charge in [-0.05, 0) is 37.3 Å². The van der Waals surface area contributed by atoms with Gasteiger partial charge in [-0.25, -0.2) is 26.1 Å². The monoisotopic (exact) mass is 492 g/mol. The second-order valence-corrected chi connectivity index (χ2v) is 12.2. The third-order valence-corrected chi connectivity index (χ3v) is 9.56. The number of benzene rings is 1. The van der Waals surface area contributed by atoms with Crippen LogP contribution in [0, 0.1) is 0 Å². The molecule has 0 spiro atoms. The van der Waals surface area contributed by atoms with Crippen LogP contribution in [0.5, 0.6) is 0 Å². The fraction of sp³-hybridized carbons (Fsp3) is 0.429. The van der Waals surface area contributed by atoms with E-state index in [0.29, 0.717) is 44.8 Å². The van der Waals surface area contributed by atoms with Gasteiger partial charge in [0.15, 0.2) is 0 Å². The third kappa shape index (κ3) is 4.53. The van der Waals surface area contributed by atoms with Crippen molar-refractivity contribution in [2.75, 3.05) is 40.3 Å². The van der Waals surface area contributed by atoms with Crippen LogP contribution in [0.3, 0.4) is 0 Å². The number of sulfonamides is 2. The first kappa shape index (κ1) is 23.8. The molecule has 12 heteroatoms. The van der Waals surface area contributed by atoms with Gasteiger partial charge in [0.05, 0.1) is 22.5 Å². The summed E-state index contributed by atoms with van der Waals surface area (Å²) in [4.78, 5) is 11.2. The maximum atomic E-state index is 12.8. The highest BCUT2D eigenvalue weighted by atomic mass is 32.2. The number of fused-ring (bicyclic) bond motifs is 1. The summed E-state index contributed by atoms with van der Waals surface area (Å²) in [5.41, 5.74) is 1.51. The number of hydrogen-bond donors (Lipinski definition) is 0. The lowest BCUT2D eigenvalue weighted by Gasteiger charge is -2.33. The average molecular weight is 493 g/mol. The third-order valence-electron chi connectivity index (χ3n) is 5.86. The van der Waals surface area contributed by atoms with Crippen LogP contribution in [0.2, 0.25) is 0 Å². The van der Waals surface area contributed by atoms with Gasteiger partial charge in [0, 0.05) is 59.2 Å². The Hall–Kier alpha value is -2.38. The van der Waals surface area contributed by atoms with Gasteiger partial charge in [-0.15, -0.1) is 0 Å². The first-order valence-corrected chi connectivity index (χ1v) is 13.6. The molecule has 0 radical (unpaired) electrons. The van der Waals surface area contributed by atoms with Gasteiger partial charge in [0.25, 0.3) is 0 Å². The summed E-state index contributed by atoms with van der Waals surface area (Å²) >= 11 is 0. The van der Waals surface area contributed by atoms with E-state index in [1.165, 1.54) is 28.9 Å². The fourth-order valence-corrected chi connectivity index (χ4v) is 6.29. The molecule has 4 rings (SSSR count). The molecule has 0 saturated carbocycles. The summed E-state index contributed by atoms with van der Waals surface area (Å²) < 4.78 is 55.4. The second kappa shape index (κ2) is 9.11. The Bertz CT molecular complexity index is 1350. The topological polar surface area (TPSA) is 109 Å². The number of aryl methyl sites for hydroxylation is 1. The second-order valence-electron chi connectivity index (χ2n) is 8.08. The molecule has 3 aromatic rings. The van der Waals surface area contributed by atoms with Gasteiger partial charge < -0.3 is 4.57 Å². The maximum Gasteiger partial charge on any atom is 0.244 e. The van der Waals surface area contributed by atoms with Crippen molar-refractivity contribution in [3.63, 3.8) is 0 Å². The minimum atomic E-state index is -3.56. The number of pyridine rings is 1. The fourth-order valence-electron chi connectivity index (χ4n) is 3.98. The molecule has 178 valence electrons. The van der Waals surface area contributed by atoms with E-state index in [1.807, 2.05) is 6.92 Å². The summed E-state index contributed by atoms with van der Waals surface area (Å²) in [6.07, 6.45) is 2.92. The maximum absolute atomic E-state index is 12.8. The summed E-state index contributed by atoms with van der Waals surface area (Å²) in [6.45, 7) is 5.19. The van der Waals surface area contributed by atoms with Crippen LogP contribution >= 0.6 is 0 Å². The molecule has 0 N–H and O–H groups in total. The van der Waals surface area contributed by atoms with Crippen molar-refractivity contribution < 1.29 is 16.8 Å². The lowest BCUT2D eigenvalue weighted by Crippen LogP contribution is -2.48. The minimum absolute atomic E-state index is 0.203. The average Bonchev–Trinajstić information content (AvgIpc) is 3.16. The van der Waals surface area contributed by atoms with Crippen molar-refractivity contribution in [3.8, 4) is 0 Å². The molecule has 2 aromatic heterocycles. The molecular formula is C21H28N6O4S2. The molecule has 1 aromatic carbocycles. The van der Waals surface area contributed by atoms with Crippen LogP contribution in [0.1, 0.15) is 12.7 Å². The standard InChI is InChI=1S/C21H28N6O4S2/c1-4-27-20-8-7-17(32(28,29)24(2)3)14-19(20)23-21(27)16-25-10-12-26(13-11-25)33(30,31)18-6-5-9-22-15-18/h5-9,14-15H,4,10-13,16H2,1-3H3. The zero-order valence-corrected chi connectivity index (χ0v) is 20.5. The summed E-state index contributed by atoms with van der Waals surface area (Å²) in [5, 5.41) is 0. The molecule has 0 aliphatic carbocycles. The Labute approximate surface area is 194 Å². The molecule has 1 fully saturated rings. The van der Waals surface area contributed by atoms with Crippen molar-refractivity contribution >= 4 is 31.1 Å². The summed E-state index contributed by atoms with van der Waals surface area (Å²) in [5.74, 6) is 0.829. The van der Waals surface area contributed by atoms with Crippen LogP contribution in [0.25, 0.3) is 11.0 Å². The number of nitrogens with zero attached hydrogens (tertiary/aromatic N) is 6. The summed E-state index contributed by atoms with van der Waals surface area (Å²) in [7, 11) is -4.09. The SMILES string of the molecule is CCn1c(CN2CCN(S(=O)(=O)c3cccnc3)CC2)nc2cc(S(=O)(=O)N(C)C)ccc21. The molecule has 1 aliphatic heterocycles. The molecule has 1 aliphatic rings. The minimum Gasteiger partial charge on any atom is -0.327 e. The van der Waals surface area contributed by atoms with Gasteiger partial charge in [-0.1, -0.05) is 0 Å². The highest BCUT2D eigenvalue weighted by molar-refractivity contribution is 7.89. The highest BCUT2D eigenvalue weighted by Crippen LogP contribution is 2.24. The van der Waals surface area contributed by atoms with E-state index < -0.39 is 20.0 Å².